The van der Waals surface area contributed by atoms with E-state index in [-0.39, 0.29) is 0 Å². The molecule has 0 radical (unpaired) electrons. The van der Waals surface area contributed by atoms with E-state index in [1.807, 2.05) is 18.2 Å². The Labute approximate surface area is 159 Å². The number of hydrogen-bond acceptors (Lipinski definition) is 6. The van der Waals surface area contributed by atoms with Crippen LogP contribution in [0.25, 0.3) is 0 Å². The lowest BCUT2D eigenvalue weighted by molar-refractivity contribution is 0.357. The zero-order valence-corrected chi connectivity index (χ0v) is 19.2. The van der Waals surface area contributed by atoms with E-state index in [1.165, 1.54) is 0 Å². The minimum absolute atomic E-state index is 0.783. The number of hydrogen-bond donors (Lipinski definition) is 0. The molecule has 3 unspecified atom stereocenters. The zero-order valence-electron chi connectivity index (χ0n) is 14.9. The maximum Gasteiger partial charge on any atom is 0.473 e. The van der Waals surface area contributed by atoms with Crippen LogP contribution in [0.3, 0.4) is 0 Å². The van der Waals surface area contributed by atoms with Crippen LogP contribution in [0.4, 0.5) is 0 Å². The summed E-state index contributed by atoms with van der Waals surface area (Å²) >= 11 is 11.5. The molecule has 0 aliphatic rings. The van der Waals surface area contributed by atoms with Gasteiger partial charge in [0.2, 0.25) is 0 Å². The topological polar surface area (TPSA) is 32.8 Å². The summed E-state index contributed by atoms with van der Waals surface area (Å²) < 4.78 is 12.0. The van der Waals surface area contributed by atoms with Gasteiger partial charge in [0.05, 0.1) is 0 Å². The standard InChI is InChI=1S/C15H28N2O2P3S2/c1-5-16(6-2)13-20(23)15-11-9-10-12-18-22(19-15)21(24)14-17(7-3)8-4/h9-12H,5-8,13-14H2,1-4H3/q+1. The molecule has 1 aromatic heterocycles. The van der Waals surface area contributed by atoms with E-state index in [0.717, 1.165) is 43.9 Å². The van der Waals surface area contributed by atoms with Gasteiger partial charge in [0.25, 0.3) is 5.14 Å². The number of rotatable bonds is 9. The molecular formula is C15H28N2O2P3S2+. The first kappa shape index (κ1) is 22.4. The van der Waals surface area contributed by atoms with Crippen molar-refractivity contribution in [2.24, 2.45) is 0 Å². The maximum atomic E-state index is 6.21. The SMILES string of the molecule is CCN(CC)C[P+](=S)p1occccc(=[P+]([S-])CN(CC)CC)o1. The lowest BCUT2D eigenvalue weighted by Gasteiger charge is -2.14. The van der Waals surface area contributed by atoms with Crippen LogP contribution < -0.4 is 0 Å². The highest BCUT2D eigenvalue weighted by Gasteiger charge is 2.23. The van der Waals surface area contributed by atoms with Gasteiger partial charge in [0, 0.05) is 12.8 Å². The Hall–Kier alpha value is 0.340. The summed E-state index contributed by atoms with van der Waals surface area (Å²) in [5.74, 6) is 0. The lowest BCUT2D eigenvalue weighted by atomic mass is 10.6. The van der Waals surface area contributed by atoms with Gasteiger partial charge < -0.3 is 20.6 Å². The van der Waals surface area contributed by atoms with Crippen LogP contribution in [0, 0.1) is 5.14 Å². The highest BCUT2D eigenvalue weighted by Crippen LogP contribution is 2.53. The van der Waals surface area contributed by atoms with E-state index in [9.17, 15) is 0 Å². The fraction of sp³-hybridized carbons (Fsp3) is 0.667. The van der Waals surface area contributed by atoms with Crippen molar-refractivity contribution in [2.45, 2.75) is 27.7 Å². The van der Waals surface area contributed by atoms with Crippen molar-refractivity contribution in [3.63, 3.8) is 0 Å². The molecule has 0 spiro atoms. The van der Waals surface area contributed by atoms with Crippen LogP contribution >= 0.6 is 20.8 Å². The molecular weight excluding hydrogens is 397 g/mol. The van der Waals surface area contributed by atoms with Gasteiger partial charge in [0.15, 0.2) is 18.1 Å². The fourth-order valence-corrected chi connectivity index (χ4v) is 9.34. The van der Waals surface area contributed by atoms with Gasteiger partial charge in [-0.2, -0.15) is 0 Å². The molecule has 0 aliphatic carbocycles. The average Bonchev–Trinajstić information content (AvgIpc) is 2.56. The second-order valence-electron chi connectivity index (χ2n) is 5.08. The summed E-state index contributed by atoms with van der Waals surface area (Å²) in [4.78, 5) is 4.67. The first-order valence-corrected chi connectivity index (χ1v) is 15.2. The zero-order chi connectivity index (χ0) is 17.9. The summed E-state index contributed by atoms with van der Waals surface area (Å²) in [6, 6.07) is 5.82. The normalized spacial score (nSPS) is 14.0. The molecule has 0 N–H and O–H groups in total. The van der Waals surface area contributed by atoms with Crippen LogP contribution in [0.5, 0.6) is 0 Å². The maximum absolute atomic E-state index is 6.21. The van der Waals surface area contributed by atoms with Gasteiger partial charge in [-0.25, -0.2) is 0 Å². The van der Waals surface area contributed by atoms with Crippen LogP contribution in [0.15, 0.2) is 32.9 Å². The molecule has 0 saturated carbocycles. The molecule has 1 aromatic rings. The molecule has 0 aromatic carbocycles. The first-order chi connectivity index (χ1) is 11.5. The van der Waals surface area contributed by atoms with Gasteiger partial charge in [-0.1, -0.05) is 33.8 Å². The quantitative estimate of drug-likeness (QED) is 0.369. The van der Waals surface area contributed by atoms with Gasteiger partial charge in [-0.15, -0.1) is 0 Å². The Morgan fingerprint density at radius 1 is 1.04 bits per heavy atom. The van der Waals surface area contributed by atoms with E-state index in [0.29, 0.717) is 0 Å². The van der Waals surface area contributed by atoms with Gasteiger partial charge >= 0.3 is 14.1 Å². The predicted octanol–water partition coefficient (Wildman–Crippen LogP) is 5.76. The fourth-order valence-electron chi connectivity index (χ4n) is 1.95. The van der Waals surface area contributed by atoms with Crippen molar-refractivity contribution in [1.82, 2.24) is 9.80 Å². The van der Waals surface area contributed by atoms with Crippen molar-refractivity contribution in [3.8, 4) is 0 Å². The van der Waals surface area contributed by atoms with Crippen LogP contribution in [-0.2, 0) is 24.1 Å². The molecule has 3 atom stereocenters. The Bertz CT molecular complexity index is 618. The van der Waals surface area contributed by atoms with Crippen LogP contribution in [0.1, 0.15) is 27.7 Å². The second kappa shape index (κ2) is 12.7. The third-order valence-electron chi connectivity index (χ3n) is 3.62. The van der Waals surface area contributed by atoms with E-state index in [1.54, 1.807) is 6.26 Å². The van der Waals surface area contributed by atoms with E-state index >= 15 is 0 Å². The van der Waals surface area contributed by atoms with Crippen molar-refractivity contribution >= 4 is 44.9 Å². The Morgan fingerprint density at radius 3 is 2.21 bits per heavy atom. The minimum Gasteiger partial charge on any atom is -0.488 e. The molecule has 9 heteroatoms. The molecule has 0 amide bonds. The molecule has 0 saturated heterocycles. The molecule has 0 bridgehead atoms. The smallest absolute Gasteiger partial charge is 0.473 e. The average molecular weight is 425 g/mol. The summed E-state index contributed by atoms with van der Waals surface area (Å²) in [5.41, 5.74) is 0. The van der Waals surface area contributed by atoms with Gasteiger partial charge in [-0.3, -0.25) is 9.80 Å². The highest BCUT2D eigenvalue weighted by molar-refractivity contribution is 8.38. The number of nitrogens with zero attached hydrogens (tertiary/aromatic N) is 2. The molecule has 4 nitrogen and oxygen atoms in total. The minimum atomic E-state index is -1.13. The van der Waals surface area contributed by atoms with E-state index in [2.05, 4.69) is 37.5 Å². The van der Waals surface area contributed by atoms with Crippen LogP contribution in [0.2, 0.25) is 0 Å². The van der Waals surface area contributed by atoms with Crippen LogP contribution in [-0.4, -0.2) is 48.6 Å². The Balaban J connectivity index is 3.20. The lowest BCUT2D eigenvalue weighted by Crippen LogP contribution is -2.21. The summed E-state index contributed by atoms with van der Waals surface area (Å²) in [5, 5.41) is 0.874. The molecule has 0 fully saturated rings. The Morgan fingerprint density at radius 2 is 1.62 bits per heavy atom. The van der Waals surface area contributed by atoms with Crippen molar-refractivity contribution in [1.29, 1.82) is 0 Å². The van der Waals surface area contributed by atoms with Gasteiger partial charge in [-0.05, 0) is 32.2 Å². The molecule has 1 heterocycles. The van der Waals surface area contributed by atoms with Gasteiger partial charge in [0.1, 0.15) is 12.5 Å². The van der Waals surface area contributed by atoms with Crippen molar-refractivity contribution in [3.05, 3.63) is 29.6 Å². The third kappa shape index (κ3) is 7.70. The summed E-state index contributed by atoms with van der Waals surface area (Å²) in [6.07, 6.45) is 2.64. The summed E-state index contributed by atoms with van der Waals surface area (Å²) in [7, 11) is -1.13. The molecule has 24 heavy (non-hydrogen) atoms. The van der Waals surface area contributed by atoms with Crippen molar-refractivity contribution < 1.29 is 8.39 Å². The third-order valence-corrected chi connectivity index (χ3v) is 11.2. The molecule has 136 valence electrons. The highest BCUT2D eigenvalue weighted by atomic mass is 32.7. The monoisotopic (exact) mass is 425 g/mol. The van der Waals surface area contributed by atoms with Crippen molar-refractivity contribution in [2.75, 3.05) is 38.8 Å². The summed E-state index contributed by atoms with van der Waals surface area (Å²) in [6.45, 7) is 11.8. The second-order valence-corrected chi connectivity index (χ2v) is 14.3. The predicted molar refractivity (Wildman–Crippen MR) is 114 cm³/mol. The van der Waals surface area contributed by atoms with E-state index < -0.39 is 20.8 Å². The Kier molecular flexibility index (Phi) is 11.8. The molecule has 0 aliphatic heterocycles. The largest absolute Gasteiger partial charge is 0.488 e. The first-order valence-electron chi connectivity index (χ1n) is 8.24. The molecule has 1 rings (SSSR count). The van der Waals surface area contributed by atoms with E-state index in [4.69, 9.17) is 32.4 Å².